The van der Waals surface area contributed by atoms with Crippen molar-refractivity contribution in [3.05, 3.63) is 108 Å². The second kappa shape index (κ2) is 10.7. The molecule has 1 amide bonds. The topological polar surface area (TPSA) is 56.6 Å². The minimum atomic E-state index is -0.445. The van der Waals surface area contributed by atoms with Crippen LogP contribution in [0, 0.1) is 12.7 Å². The molecular weight excluding hydrogens is 457 g/mol. The van der Waals surface area contributed by atoms with E-state index in [0.29, 0.717) is 30.3 Å². The van der Waals surface area contributed by atoms with E-state index >= 15 is 0 Å². The maximum atomic E-state index is 14.0. The highest BCUT2D eigenvalue weighted by Gasteiger charge is 2.28. The molecule has 0 radical (unpaired) electrons. The lowest BCUT2D eigenvalue weighted by Crippen LogP contribution is -2.37. The van der Waals surface area contributed by atoms with Crippen molar-refractivity contribution in [2.75, 3.05) is 13.2 Å². The van der Waals surface area contributed by atoms with E-state index in [-0.39, 0.29) is 18.6 Å². The molecule has 36 heavy (non-hydrogen) atoms. The van der Waals surface area contributed by atoms with Gasteiger partial charge in [0.05, 0.1) is 29.6 Å². The zero-order valence-electron chi connectivity index (χ0n) is 20.1. The summed E-state index contributed by atoms with van der Waals surface area (Å²) in [5.41, 5.74) is 2.67. The third kappa shape index (κ3) is 5.31. The first kappa shape index (κ1) is 23.8. The van der Waals surface area contributed by atoms with Gasteiger partial charge in [0.25, 0.3) is 5.91 Å². The van der Waals surface area contributed by atoms with Crippen LogP contribution in [-0.2, 0) is 11.3 Å². The number of amides is 1. The van der Waals surface area contributed by atoms with E-state index in [2.05, 4.69) is 0 Å². The number of para-hydroxylation sites is 2. The van der Waals surface area contributed by atoms with Crippen LogP contribution in [0.5, 0.6) is 11.6 Å². The van der Waals surface area contributed by atoms with E-state index in [0.717, 1.165) is 29.8 Å². The summed E-state index contributed by atoms with van der Waals surface area (Å²) in [6, 6.07) is 25.0. The Morgan fingerprint density at radius 3 is 2.53 bits per heavy atom. The standard InChI is InChI=1S/C29H28FN3O3/c1-21-27(20-32(19-26-16-9-17-35-26)28(34)22-10-8-11-23(30)18-22)29(36-25-14-6-3-7-15-25)33(31-21)24-12-4-2-5-13-24/h2-8,10-15,18,26H,9,16-17,19-20H2,1H3/t26-/m0/s1. The number of ether oxygens (including phenoxy) is 2. The van der Waals surface area contributed by atoms with Gasteiger partial charge in [-0.05, 0) is 62.2 Å². The summed E-state index contributed by atoms with van der Waals surface area (Å²) in [4.78, 5) is 15.3. The normalized spacial score (nSPS) is 15.1. The van der Waals surface area contributed by atoms with E-state index in [1.807, 2.05) is 67.6 Å². The Kier molecular flexibility index (Phi) is 7.09. The van der Waals surface area contributed by atoms with E-state index in [4.69, 9.17) is 14.6 Å². The molecule has 5 rings (SSSR count). The van der Waals surface area contributed by atoms with Crippen molar-refractivity contribution in [2.45, 2.75) is 32.4 Å². The molecule has 1 aromatic heterocycles. The van der Waals surface area contributed by atoms with Crippen LogP contribution in [0.15, 0.2) is 84.9 Å². The van der Waals surface area contributed by atoms with Crippen molar-refractivity contribution in [2.24, 2.45) is 0 Å². The molecule has 0 bridgehead atoms. The third-order valence-corrected chi connectivity index (χ3v) is 6.25. The summed E-state index contributed by atoms with van der Waals surface area (Å²) in [7, 11) is 0. The maximum absolute atomic E-state index is 14.0. The van der Waals surface area contributed by atoms with Gasteiger partial charge in [-0.1, -0.05) is 42.5 Å². The molecule has 0 N–H and O–H groups in total. The van der Waals surface area contributed by atoms with Crippen molar-refractivity contribution < 1.29 is 18.7 Å². The lowest BCUT2D eigenvalue weighted by atomic mass is 10.1. The second-order valence-corrected chi connectivity index (χ2v) is 8.86. The molecule has 4 aromatic rings. The lowest BCUT2D eigenvalue weighted by molar-refractivity contribution is 0.0505. The molecule has 1 aliphatic rings. The van der Waals surface area contributed by atoms with Gasteiger partial charge in [0.1, 0.15) is 11.6 Å². The Hall–Kier alpha value is -3.97. The molecule has 6 nitrogen and oxygen atoms in total. The minimum Gasteiger partial charge on any atom is -0.439 e. The van der Waals surface area contributed by atoms with Gasteiger partial charge in [-0.25, -0.2) is 9.07 Å². The van der Waals surface area contributed by atoms with Crippen LogP contribution in [-0.4, -0.2) is 39.8 Å². The van der Waals surface area contributed by atoms with Gasteiger partial charge in [0.15, 0.2) is 0 Å². The lowest BCUT2D eigenvalue weighted by Gasteiger charge is -2.26. The van der Waals surface area contributed by atoms with E-state index < -0.39 is 5.82 Å². The highest BCUT2D eigenvalue weighted by atomic mass is 19.1. The fraction of sp³-hybridized carbons (Fsp3) is 0.241. The van der Waals surface area contributed by atoms with Gasteiger partial charge in [0, 0.05) is 18.7 Å². The minimum absolute atomic E-state index is 0.0644. The predicted octanol–water partition coefficient (Wildman–Crippen LogP) is 5.93. The molecule has 1 saturated heterocycles. The zero-order valence-corrected chi connectivity index (χ0v) is 20.1. The Balaban J connectivity index is 1.54. The molecule has 184 valence electrons. The number of hydrogen-bond acceptors (Lipinski definition) is 4. The number of halogens is 1. The van der Waals surface area contributed by atoms with Gasteiger partial charge >= 0.3 is 0 Å². The number of hydrogen-bond donors (Lipinski definition) is 0. The van der Waals surface area contributed by atoms with E-state index in [1.54, 1.807) is 21.7 Å². The molecule has 1 aliphatic heterocycles. The number of benzene rings is 3. The van der Waals surface area contributed by atoms with Crippen LogP contribution >= 0.6 is 0 Å². The van der Waals surface area contributed by atoms with Gasteiger partial charge in [-0.2, -0.15) is 5.10 Å². The van der Waals surface area contributed by atoms with Crippen molar-refractivity contribution >= 4 is 5.91 Å². The van der Waals surface area contributed by atoms with Crippen molar-refractivity contribution in [1.82, 2.24) is 14.7 Å². The number of carbonyl (C=O) groups is 1. The predicted molar refractivity (Wildman–Crippen MR) is 135 cm³/mol. The fourth-order valence-electron chi connectivity index (χ4n) is 4.42. The molecule has 1 atom stereocenters. The van der Waals surface area contributed by atoms with Gasteiger partial charge in [-0.3, -0.25) is 4.79 Å². The number of carbonyl (C=O) groups excluding carboxylic acids is 1. The second-order valence-electron chi connectivity index (χ2n) is 8.86. The van der Waals surface area contributed by atoms with Gasteiger partial charge in [-0.15, -0.1) is 0 Å². The monoisotopic (exact) mass is 485 g/mol. The molecule has 7 heteroatoms. The number of rotatable bonds is 8. The first-order chi connectivity index (χ1) is 17.6. The summed E-state index contributed by atoms with van der Waals surface area (Å²) in [5.74, 6) is 0.494. The smallest absolute Gasteiger partial charge is 0.254 e. The molecule has 0 aliphatic carbocycles. The largest absolute Gasteiger partial charge is 0.439 e. The zero-order chi connectivity index (χ0) is 24.9. The van der Waals surface area contributed by atoms with Crippen molar-refractivity contribution in [1.29, 1.82) is 0 Å². The molecule has 0 spiro atoms. The Morgan fingerprint density at radius 2 is 1.83 bits per heavy atom. The average molecular weight is 486 g/mol. The number of nitrogens with zero attached hydrogens (tertiary/aromatic N) is 3. The van der Waals surface area contributed by atoms with Crippen LogP contribution in [0.2, 0.25) is 0 Å². The highest BCUT2D eigenvalue weighted by Crippen LogP contribution is 2.32. The Labute approximate surface area is 209 Å². The summed E-state index contributed by atoms with van der Waals surface area (Å²) >= 11 is 0. The summed E-state index contributed by atoms with van der Waals surface area (Å²) < 4.78 is 27.9. The molecule has 3 aromatic carbocycles. The summed E-state index contributed by atoms with van der Waals surface area (Å²) in [6.45, 7) is 3.23. The molecule has 2 heterocycles. The van der Waals surface area contributed by atoms with Crippen molar-refractivity contribution in [3.8, 4) is 17.3 Å². The summed E-state index contributed by atoms with van der Waals surface area (Å²) in [6.07, 6.45) is 1.77. The molecule has 0 unspecified atom stereocenters. The molecule has 1 fully saturated rings. The van der Waals surface area contributed by atoms with Crippen LogP contribution in [0.25, 0.3) is 5.69 Å². The first-order valence-corrected chi connectivity index (χ1v) is 12.1. The first-order valence-electron chi connectivity index (χ1n) is 12.1. The van der Waals surface area contributed by atoms with Crippen LogP contribution in [0.4, 0.5) is 4.39 Å². The Morgan fingerprint density at radius 1 is 1.08 bits per heavy atom. The highest BCUT2D eigenvalue weighted by molar-refractivity contribution is 5.94. The SMILES string of the molecule is Cc1nn(-c2ccccc2)c(Oc2ccccc2)c1CN(C[C@@H]1CCCO1)C(=O)c1cccc(F)c1. The average Bonchev–Trinajstić information content (AvgIpc) is 3.52. The van der Waals surface area contributed by atoms with E-state index in [9.17, 15) is 9.18 Å². The third-order valence-electron chi connectivity index (χ3n) is 6.25. The quantitative estimate of drug-likeness (QED) is 0.310. The van der Waals surface area contributed by atoms with E-state index in [1.165, 1.54) is 12.1 Å². The van der Waals surface area contributed by atoms with Crippen LogP contribution in [0.3, 0.4) is 0 Å². The van der Waals surface area contributed by atoms with Crippen LogP contribution in [0.1, 0.15) is 34.5 Å². The van der Waals surface area contributed by atoms with Gasteiger partial charge in [0.2, 0.25) is 5.88 Å². The van der Waals surface area contributed by atoms with Crippen molar-refractivity contribution in [3.63, 3.8) is 0 Å². The number of aromatic nitrogens is 2. The number of aryl methyl sites for hydroxylation is 1. The fourth-order valence-corrected chi connectivity index (χ4v) is 4.42. The van der Waals surface area contributed by atoms with Gasteiger partial charge < -0.3 is 14.4 Å². The molecular formula is C29H28FN3O3. The Bertz CT molecular complexity index is 1320. The van der Waals surface area contributed by atoms with Crippen LogP contribution < -0.4 is 4.74 Å². The molecule has 0 saturated carbocycles. The maximum Gasteiger partial charge on any atom is 0.254 e. The summed E-state index contributed by atoms with van der Waals surface area (Å²) in [5, 5.41) is 4.77.